The largest absolute Gasteiger partial charge is 0.383 e. The van der Waals surface area contributed by atoms with Gasteiger partial charge in [0, 0.05) is 10.6 Å². The lowest BCUT2D eigenvalue weighted by Gasteiger charge is -2.22. The molecule has 0 aliphatic heterocycles. The first-order valence-corrected chi connectivity index (χ1v) is 8.00. The van der Waals surface area contributed by atoms with Crippen LogP contribution in [-0.2, 0) is 5.60 Å². The van der Waals surface area contributed by atoms with Gasteiger partial charge >= 0.3 is 6.03 Å². The number of aromatic nitrogens is 1. The molecule has 2 amide bonds. The van der Waals surface area contributed by atoms with Crippen LogP contribution in [0.1, 0.15) is 23.1 Å². The zero-order valence-corrected chi connectivity index (χ0v) is 14.2. The van der Waals surface area contributed by atoms with Crippen molar-refractivity contribution in [3.63, 3.8) is 0 Å². The third kappa shape index (κ3) is 3.97. The van der Waals surface area contributed by atoms with Crippen molar-refractivity contribution >= 4 is 34.7 Å². The van der Waals surface area contributed by atoms with E-state index in [1.165, 1.54) is 11.3 Å². The molecule has 0 fully saturated rings. The standard InChI is InChI=1S/C15H18ClN3O2S/c1-9-7-10(2)18-13(16)12(9)19-14(20)17-8-15(3,21)11-5-4-6-22-11/h4-7,21H,8H2,1-3H3,(H2,17,19,20). The highest BCUT2D eigenvalue weighted by molar-refractivity contribution is 7.10. The van der Waals surface area contributed by atoms with E-state index in [-0.39, 0.29) is 11.7 Å². The van der Waals surface area contributed by atoms with Crippen LogP contribution in [-0.4, -0.2) is 22.7 Å². The van der Waals surface area contributed by atoms with Crippen molar-refractivity contribution in [1.82, 2.24) is 10.3 Å². The summed E-state index contributed by atoms with van der Waals surface area (Å²) < 4.78 is 0. The molecule has 0 radical (unpaired) electrons. The lowest BCUT2D eigenvalue weighted by atomic mass is 10.1. The van der Waals surface area contributed by atoms with Crippen LogP contribution in [0, 0.1) is 13.8 Å². The number of nitrogens with zero attached hydrogens (tertiary/aromatic N) is 1. The summed E-state index contributed by atoms with van der Waals surface area (Å²) in [5.74, 6) is 0. The number of aliphatic hydroxyl groups is 1. The number of hydrogen-bond acceptors (Lipinski definition) is 4. The summed E-state index contributed by atoms with van der Waals surface area (Å²) in [5, 5.41) is 17.8. The molecule has 0 aliphatic rings. The van der Waals surface area contributed by atoms with Crippen molar-refractivity contribution in [2.75, 3.05) is 11.9 Å². The molecule has 1 atom stereocenters. The number of thiophene rings is 1. The van der Waals surface area contributed by atoms with Gasteiger partial charge < -0.3 is 15.7 Å². The van der Waals surface area contributed by atoms with E-state index in [4.69, 9.17) is 11.6 Å². The van der Waals surface area contributed by atoms with Crippen LogP contribution < -0.4 is 10.6 Å². The number of carbonyl (C=O) groups is 1. The molecule has 1 unspecified atom stereocenters. The second-order valence-electron chi connectivity index (χ2n) is 5.31. The molecule has 0 spiro atoms. The van der Waals surface area contributed by atoms with E-state index < -0.39 is 11.6 Å². The summed E-state index contributed by atoms with van der Waals surface area (Å²) >= 11 is 7.49. The first kappa shape index (κ1) is 16.7. The minimum Gasteiger partial charge on any atom is -0.383 e. The number of amides is 2. The summed E-state index contributed by atoms with van der Waals surface area (Å²) in [6.07, 6.45) is 0. The second kappa shape index (κ2) is 6.64. The van der Waals surface area contributed by atoms with Crippen molar-refractivity contribution in [3.8, 4) is 0 Å². The predicted molar refractivity (Wildman–Crippen MR) is 89.6 cm³/mol. The Hall–Kier alpha value is -1.63. The van der Waals surface area contributed by atoms with Crippen LogP contribution in [0.25, 0.3) is 0 Å². The van der Waals surface area contributed by atoms with Gasteiger partial charge in [-0.1, -0.05) is 17.7 Å². The molecule has 0 saturated heterocycles. The molecule has 2 rings (SSSR count). The fourth-order valence-corrected chi connectivity index (χ4v) is 3.14. The number of halogens is 1. The smallest absolute Gasteiger partial charge is 0.319 e. The summed E-state index contributed by atoms with van der Waals surface area (Å²) in [4.78, 5) is 16.9. The first-order chi connectivity index (χ1) is 10.3. The van der Waals surface area contributed by atoms with Crippen LogP contribution >= 0.6 is 22.9 Å². The lowest BCUT2D eigenvalue weighted by molar-refractivity contribution is 0.0637. The summed E-state index contributed by atoms with van der Waals surface area (Å²) in [7, 11) is 0. The molecule has 7 heteroatoms. The fraction of sp³-hybridized carbons (Fsp3) is 0.333. The van der Waals surface area contributed by atoms with Crippen molar-refractivity contribution in [1.29, 1.82) is 0 Å². The van der Waals surface area contributed by atoms with E-state index in [9.17, 15) is 9.90 Å². The van der Waals surface area contributed by atoms with E-state index in [1.54, 1.807) is 6.92 Å². The molecule has 0 bridgehead atoms. The number of urea groups is 1. The third-order valence-corrected chi connectivity index (χ3v) is 4.58. The molecule has 118 valence electrons. The zero-order chi connectivity index (χ0) is 16.3. The van der Waals surface area contributed by atoms with Gasteiger partial charge in [0.05, 0.1) is 12.2 Å². The number of carbonyl (C=O) groups excluding carboxylic acids is 1. The SMILES string of the molecule is Cc1cc(C)c(NC(=O)NCC(C)(O)c2cccs2)c(Cl)n1. The Labute approximate surface area is 138 Å². The second-order valence-corrected chi connectivity index (χ2v) is 6.61. The van der Waals surface area contributed by atoms with Gasteiger partial charge in [-0.25, -0.2) is 9.78 Å². The summed E-state index contributed by atoms with van der Waals surface area (Å²) in [5.41, 5.74) is 0.975. The van der Waals surface area contributed by atoms with Crippen molar-refractivity contribution in [2.45, 2.75) is 26.4 Å². The Morgan fingerprint density at radius 2 is 2.23 bits per heavy atom. The van der Waals surface area contributed by atoms with Crippen molar-refractivity contribution in [2.24, 2.45) is 0 Å². The number of aryl methyl sites for hydroxylation is 2. The minimum atomic E-state index is -1.12. The Morgan fingerprint density at radius 1 is 1.50 bits per heavy atom. The van der Waals surface area contributed by atoms with E-state index >= 15 is 0 Å². The Kier molecular flexibility index (Phi) is 5.05. The van der Waals surface area contributed by atoms with Gasteiger partial charge in [0.2, 0.25) is 0 Å². The van der Waals surface area contributed by atoms with Gasteiger partial charge in [-0.2, -0.15) is 0 Å². The zero-order valence-electron chi connectivity index (χ0n) is 12.6. The normalized spacial score (nSPS) is 13.5. The van der Waals surface area contributed by atoms with Gasteiger partial charge in [0.15, 0.2) is 5.15 Å². The monoisotopic (exact) mass is 339 g/mol. The number of nitrogens with one attached hydrogen (secondary N) is 2. The van der Waals surface area contributed by atoms with Crippen LogP contribution in [0.4, 0.5) is 10.5 Å². The Balaban J connectivity index is 2.00. The van der Waals surface area contributed by atoms with Crippen LogP contribution in [0.15, 0.2) is 23.6 Å². The average Bonchev–Trinajstić information content (AvgIpc) is 2.95. The lowest BCUT2D eigenvalue weighted by Crippen LogP contribution is -2.40. The van der Waals surface area contributed by atoms with E-state index in [1.807, 2.05) is 37.4 Å². The molecule has 0 aliphatic carbocycles. The number of pyridine rings is 1. The van der Waals surface area contributed by atoms with Crippen LogP contribution in [0.2, 0.25) is 5.15 Å². The molecule has 2 heterocycles. The highest BCUT2D eigenvalue weighted by Gasteiger charge is 2.25. The van der Waals surface area contributed by atoms with E-state index in [0.29, 0.717) is 5.69 Å². The maximum atomic E-state index is 12.0. The molecule has 2 aromatic rings. The highest BCUT2D eigenvalue weighted by atomic mass is 35.5. The van der Waals surface area contributed by atoms with Crippen molar-refractivity contribution in [3.05, 3.63) is 44.9 Å². The maximum Gasteiger partial charge on any atom is 0.319 e. The average molecular weight is 340 g/mol. The maximum absolute atomic E-state index is 12.0. The molecule has 5 nitrogen and oxygen atoms in total. The van der Waals surface area contributed by atoms with Gasteiger partial charge in [0.25, 0.3) is 0 Å². The third-order valence-electron chi connectivity index (χ3n) is 3.18. The van der Waals surface area contributed by atoms with Crippen LogP contribution in [0.3, 0.4) is 0 Å². The molecule has 22 heavy (non-hydrogen) atoms. The molecule has 0 aromatic carbocycles. The summed E-state index contributed by atoms with van der Waals surface area (Å²) in [6, 6.07) is 5.08. The van der Waals surface area contributed by atoms with Crippen molar-refractivity contribution < 1.29 is 9.90 Å². The van der Waals surface area contributed by atoms with E-state index in [0.717, 1.165) is 16.1 Å². The topological polar surface area (TPSA) is 74.2 Å². The minimum absolute atomic E-state index is 0.0926. The quantitative estimate of drug-likeness (QED) is 0.747. The van der Waals surface area contributed by atoms with E-state index in [2.05, 4.69) is 15.6 Å². The van der Waals surface area contributed by atoms with Gasteiger partial charge in [-0.3, -0.25) is 0 Å². The number of anilines is 1. The number of rotatable bonds is 4. The number of hydrogen-bond donors (Lipinski definition) is 3. The molecular weight excluding hydrogens is 322 g/mol. The Morgan fingerprint density at radius 3 is 2.82 bits per heavy atom. The highest BCUT2D eigenvalue weighted by Crippen LogP contribution is 2.26. The summed E-state index contributed by atoms with van der Waals surface area (Å²) in [6.45, 7) is 5.43. The van der Waals surface area contributed by atoms with Gasteiger partial charge in [0.1, 0.15) is 5.60 Å². The first-order valence-electron chi connectivity index (χ1n) is 6.74. The molecular formula is C15H18ClN3O2S. The predicted octanol–water partition coefficient (Wildman–Crippen LogP) is 3.44. The van der Waals surface area contributed by atoms with Gasteiger partial charge in [-0.15, -0.1) is 11.3 Å². The molecule has 0 saturated carbocycles. The van der Waals surface area contributed by atoms with Gasteiger partial charge in [-0.05, 0) is 43.8 Å². The molecule has 3 N–H and O–H groups in total. The molecule has 2 aromatic heterocycles. The van der Waals surface area contributed by atoms with Crippen LogP contribution in [0.5, 0.6) is 0 Å². The Bertz CT molecular complexity index is 648. The fourth-order valence-electron chi connectivity index (χ4n) is 2.02.